The van der Waals surface area contributed by atoms with Crippen molar-refractivity contribution in [3.05, 3.63) is 24.3 Å². The number of anilines is 1. The van der Waals surface area contributed by atoms with Gasteiger partial charge in [-0.15, -0.1) is 0 Å². The number of ether oxygens (including phenoxy) is 1. The normalized spacial score (nSPS) is 10.2. The average Bonchev–Trinajstić information content (AvgIpc) is 2.35. The first-order valence-corrected chi connectivity index (χ1v) is 7.29. The summed E-state index contributed by atoms with van der Waals surface area (Å²) in [5.74, 6) is 0.712. The quantitative estimate of drug-likeness (QED) is 0.789. The molecule has 1 aromatic rings. The van der Waals surface area contributed by atoms with Gasteiger partial charge in [-0.25, -0.2) is 0 Å². The predicted octanol–water partition coefficient (Wildman–Crippen LogP) is 3.48. The molecule has 0 spiro atoms. The van der Waals surface area contributed by atoms with E-state index in [9.17, 15) is 4.79 Å². The Hall–Kier alpha value is -1.62. The number of unbranched alkanes of at least 4 members (excludes halogenated alkanes) is 1. The van der Waals surface area contributed by atoms with E-state index in [1.165, 1.54) is 0 Å². The SMILES string of the molecule is CCCCC(=O)NC(=S)Nc1cccc(OC(C)C)c1. The minimum absolute atomic E-state index is 0.0565. The van der Waals surface area contributed by atoms with Crippen LogP contribution in [0.3, 0.4) is 0 Å². The second-order valence-corrected chi connectivity index (χ2v) is 5.21. The molecule has 2 N–H and O–H groups in total. The van der Waals surface area contributed by atoms with Crippen LogP contribution in [-0.4, -0.2) is 17.1 Å². The summed E-state index contributed by atoms with van der Waals surface area (Å²) in [6, 6.07) is 7.48. The molecule has 4 nitrogen and oxygen atoms in total. The molecule has 0 saturated heterocycles. The van der Waals surface area contributed by atoms with Crippen molar-refractivity contribution in [1.29, 1.82) is 0 Å². The first-order valence-electron chi connectivity index (χ1n) is 6.88. The van der Waals surface area contributed by atoms with Crippen molar-refractivity contribution in [2.24, 2.45) is 0 Å². The van der Waals surface area contributed by atoms with Crippen LogP contribution in [0.5, 0.6) is 5.75 Å². The van der Waals surface area contributed by atoms with E-state index in [0.717, 1.165) is 24.3 Å². The Balaban J connectivity index is 2.51. The van der Waals surface area contributed by atoms with E-state index in [2.05, 4.69) is 10.6 Å². The molecule has 0 heterocycles. The van der Waals surface area contributed by atoms with E-state index < -0.39 is 0 Å². The number of amides is 1. The lowest BCUT2D eigenvalue weighted by Crippen LogP contribution is -2.33. The third-order valence-electron chi connectivity index (χ3n) is 2.47. The zero-order valence-corrected chi connectivity index (χ0v) is 13.0. The molecule has 0 aliphatic heterocycles. The van der Waals surface area contributed by atoms with Gasteiger partial charge in [0, 0.05) is 18.2 Å². The van der Waals surface area contributed by atoms with Gasteiger partial charge in [0.25, 0.3) is 0 Å². The number of carbonyl (C=O) groups is 1. The number of benzene rings is 1. The summed E-state index contributed by atoms with van der Waals surface area (Å²) >= 11 is 5.11. The third kappa shape index (κ3) is 6.52. The summed E-state index contributed by atoms with van der Waals surface area (Å²) in [6.07, 6.45) is 2.47. The number of hydrogen-bond donors (Lipinski definition) is 2. The molecular weight excluding hydrogens is 272 g/mol. The maximum atomic E-state index is 11.6. The Morgan fingerprint density at radius 1 is 1.40 bits per heavy atom. The van der Waals surface area contributed by atoms with Gasteiger partial charge in [-0.2, -0.15) is 0 Å². The van der Waals surface area contributed by atoms with Crippen molar-refractivity contribution in [2.45, 2.75) is 46.1 Å². The summed E-state index contributed by atoms with van der Waals surface area (Å²) in [5.41, 5.74) is 0.795. The lowest BCUT2D eigenvalue weighted by Gasteiger charge is -2.13. The van der Waals surface area contributed by atoms with Crippen molar-refractivity contribution in [2.75, 3.05) is 5.32 Å². The molecule has 0 fully saturated rings. The van der Waals surface area contributed by atoms with Crippen molar-refractivity contribution < 1.29 is 9.53 Å². The highest BCUT2D eigenvalue weighted by Gasteiger charge is 2.05. The van der Waals surface area contributed by atoms with E-state index in [-0.39, 0.29) is 12.0 Å². The number of nitrogens with one attached hydrogen (secondary N) is 2. The van der Waals surface area contributed by atoms with E-state index in [0.29, 0.717) is 11.5 Å². The Morgan fingerprint density at radius 2 is 2.15 bits per heavy atom. The van der Waals surface area contributed by atoms with Crippen LogP contribution < -0.4 is 15.4 Å². The topological polar surface area (TPSA) is 50.4 Å². The van der Waals surface area contributed by atoms with Crippen LogP contribution in [0.1, 0.15) is 40.0 Å². The summed E-state index contributed by atoms with van der Waals surface area (Å²) in [7, 11) is 0. The summed E-state index contributed by atoms with van der Waals surface area (Å²) < 4.78 is 5.60. The molecule has 110 valence electrons. The van der Waals surface area contributed by atoms with Gasteiger partial charge in [-0.1, -0.05) is 19.4 Å². The highest BCUT2D eigenvalue weighted by molar-refractivity contribution is 7.80. The maximum Gasteiger partial charge on any atom is 0.226 e. The van der Waals surface area contributed by atoms with Gasteiger partial charge in [0.05, 0.1) is 6.10 Å². The van der Waals surface area contributed by atoms with Gasteiger partial charge in [0.1, 0.15) is 5.75 Å². The highest BCUT2D eigenvalue weighted by atomic mass is 32.1. The Kier molecular flexibility index (Phi) is 7.01. The average molecular weight is 294 g/mol. The minimum atomic E-state index is -0.0565. The fraction of sp³-hybridized carbons (Fsp3) is 0.467. The Morgan fingerprint density at radius 3 is 2.80 bits per heavy atom. The van der Waals surface area contributed by atoms with Gasteiger partial charge in [0.15, 0.2) is 5.11 Å². The molecule has 1 aromatic carbocycles. The van der Waals surface area contributed by atoms with E-state index in [4.69, 9.17) is 17.0 Å². The number of rotatable bonds is 6. The molecule has 5 heteroatoms. The fourth-order valence-electron chi connectivity index (χ4n) is 1.61. The first kappa shape index (κ1) is 16.4. The number of hydrogen-bond acceptors (Lipinski definition) is 3. The van der Waals surface area contributed by atoms with Gasteiger partial charge < -0.3 is 15.4 Å². The van der Waals surface area contributed by atoms with E-state index in [1.54, 1.807) is 0 Å². The standard InChI is InChI=1S/C15H22N2O2S/c1-4-5-9-14(18)17-15(20)16-12-7-6-8-13(10-12)19-11(2)3/h6-8,10-11H,4-5,9H2,1-3H3,(H2,16,17,18,20). The second-order valence-electron chi connectivity index (χ2n) is 4.80. The molecule has 1 rings (SSSR count). The Bertz CT molecular complexity index is 461. The molecule has 0 atom stereocenters. The molecule has 0 aliphatic rings. The lowest BCUT2D eigenvalue weighted by atomic mass is 10.2. The van der Waals surface area contributed by atoms with Crippen LogP contribution >= 0.6 is 12.2 Å². The minimum Gasteiger partial charge on any atom is -0.491 e. The number of carbonyl (C=O) groups excluding carboxylic acids is 1. The monoisotopic (exact) mass is 294 g/mol. The van der Waals surface area contributed by atoms with Crippen LogP contribution in [0.15, 0.2) is 24.3 Å². The van der Waals surface area contributed by atoms with Gasteiger partial charge in [0.2, 0.25) is 5.91 Å². The molecule has 1 amide bonds. The molecule has 0 unspecified atom stereocenters. The van der Waals surface area contributed by atoms with Crippen LogP contribution in [-0.2, 0) is 4.79 Å². The van der Waals surface area contributed by atoms with Crippen molar-refractivity contribution in [3.8, 4) is 5.75 Å². The van der Waals surface area contributed by atoms with Gasteiger partial charge in [-0.05, 0) is 44.6 Å². The zero-order valence-electron chi connectivity index (χ0n) is 12.2. The van der Waals surface area contributed by atoms with Crippen molar-refractivity contribution in [3.63, 3.8) is 0 Å². The fourth-order valence-corrected chi connectivity index (χ4v) is 1.84. The highest BCUT2D eigenvalue weighted by Crippen LogP contribution is 2.18. The first-order chi connectivity index (χ1) is 9.51. The zero-order chi connectivity index (χ0) is 15.0. The van der Waals surface area contributed by atoms with E-state index >= 15 is 0 Å². The van der Waals surface area contributed by atoms with Gasteiger partial charge >= 0.3 is 0 Å². The second kappa shape index (κ2) is 8.53. The van der Waals surface area contributed by atoms with Crippen molar-refractivity contribution >= 4 is 28.9 Å². The lowest BCUT2D eigenvalue weighted by molar-refractivity contribution is -0.119. The van der Waals surface area contributed by atoms with Crippen LogP contribution in [0, 0.1) is 0 Å². The van der Waals surface area contributed by atoms with E-state index in [1.807, 2.05) is 45.0 Å². The summed E-state index contributed by atoms with van der Waals surface area (Å²) in [6.45, 7) is 5.99. The number of thiocarbonyl (C=S) groups is 1. The largest absolute Gasteiger partial charge is 0.491 e. The molecule has 0 bridgehead atoms. The molecular formula is C15H22N2O2S. The van der Waals surface area contributed by atoms with Gasteiger partial charge in [-0.3, -0.25) is 4.79 Å². The van der Waals surface area contributed by atoms with Crippen molar-refractivity contribution in [1.82, 2.24) is 5.32 Å². The summed E-state index contributed by atoms with van der Waals surface area (Å²) in [5, 5.41) is 5.96. The van der Waals surface area contributed by atoms with Crippen LogP contribution in [0.4, 0.5) is 5.69 Å². The van der Waals surface area contributed by atoms with Crippen LogP contribution in [0.25, 0.3) is 0 Å². The molecule has 0 aromatic heterocycles. The Labute approximate surface area is 125 Å². The maximum absolute atomic E-state index is 11.6. The summed E-state index contributed by atoms with van der Waals surface area (Å²) in [4.78, 5) is 11.6. The third-order valence-corrected chi connectivity index (χ3v) is 2.68. The predicted molar refractivity (Wildman–Crippen MR) is 86.1 cm³/mol. The molecule has 0 aliphatic carbocycles. The molecule has 0 radical (unpaired) electrons. The smallest absolute Gasteiger partial charge is 0.226 e. The molecule has 20 heavy (non-hydrogen) atoms. The van der Waals surface area contributed by atoms with Crippen LogP contribution in [0.2, 0.25) is 0 Å². The molecule has 0 saturated carbocycles.